The molecule has 0 heterocycles. The third kappa shape index (κ3) is 5.89. The fourth-order valence-corrected chi connectivity index (χ4v) is 2.12. The van der Waals surface area contributed by atoms with E-state index in [1.54, 1.807) is 0 Å². The molecule has 0 unspecified atom stereocenters. The average Bonchev–Trinajstić information content (AvgIpc) is 2.21. The summed E-state index contributed by atoms with van der Waals surface area (Å²) in [5, 5.41) is 1.38. The molecule has 0 radical (unpaired) electrons. The van der Waals surface area contributed by atoms with Crippen LogP contribution in [0, 0.1) is 0 Å². The van der Waals surface area contributed by atoms with Gasteiger partial charge in [0.1, 0.15) is 0 Å². The second-order valence-corrected chi connectivity index (χ2v) is 4.76. The maximum absolute atomic E-state index is 2.25. The first-order valence-corrected chi connectivity index (χ1v) is 13.5. The van der Waals surface area contributed by atoms with Crippen molar-refractivity contribution < 1.29 is 17.3 Å². The van der Waals surface area contributed by atoms with Gasteiger partial charge in [-0.05, 0) is 0 Å². The fraction of sp³-hybridized carbons (Fsp3) is 0.250. The Balaban J connectivity index is 0.000000671. The van der Waals surface area contributed by atoms with Crippen molar-refractivity contribution >= 4 is 57.1 Å². The Kier molecular flexibility index (Phi) is 9.93. The molecule has 0 bridgehead atoms. The number of halogens is 1. The summed E-state index contributed by atoms with van der Waals surface area (Å²) in [7, 11) is 4.11. The predicted molar refractivity (Wildman–Crippen MR) is 67.1 cm³/mol. The summed E-state index contributed by atoms with van der Waals surface area (Å²) < 4.78 is 0. The van der Waals surface area contributed by atoms with Gasteiger partial charge in [-0.3, -0.25) is 0 Å². The Labute approximate surface area is 116 Å². The van der Waals surface area contributed by atoms with Crippen molar-refractivity contribution in [1.29, 1.82) is 0 Å². The molecule has 1 nitrogen and oxygen atoms in total. The van der Waals surface area contributed by atoms with Crippen LogP contribution >= 0.6 is 24.8 Å². The van der Waals surface area contributed by atoms with Crippen molar-refractivity contribution in [1.82, 2.24) is 0 Å². The molecule has 0 N–H and O–H groups in total. The van der Waals surface area contributed by atoms with E-state index < -0.39 is 0 Å². The minimum absolute atomic E-state index is 1.26. The van der Waals surface area contributed by atoms with E-state index in [0.29, 0.717) is 0 Å². The molecule has 0 saturated carbocycles. The van der Waals surface area contributed by atoms with Gasteiger partial charge >= 0.3 is 118 Å². The van der Waals surface area contributed by atoms with Crippen molar-refractivity contribution in [3.8, 4) is 0 Å². The summed E-state index contributed by atoms with van der Waals surface area (Å²) in [4.78, 5) is 2.11. The molecular weight excluding hydrogens is 593 g/mol. The zero-order valence-corrected chi connectivity index (χ0v) is 14.8. The Morgan fingerprint density at radius 1 is 1.23 bits per heavy atom. The van der Waals surface area contributed by atoms with Gasteiger partial charge in [0.05, 0.1) is 0 Å². The molecule has 0 saturated heterocycles. The molecule has 0 fully saturated rings. The van der Waals surface area contributed by atoms with Gasteiger partial charge in [-0.1, -0.05) is 0 Å². The first-order chi connectivity index (χ1) is 6.24. The van der Waals surface area contributed by atoms with Crippen molar-refractivity contribution in [3.63, 3.8) is 0 Å². The molecule has 0 atom stereocenters. The van der Waals surface area contributed by atoms with Crippen LogP contribution in [0.3, 0.4) is 0 Å². The normalized spacial score (nSPS) is 9.00. The number of hydrogen-bond donors (Lipinski definition) is 0. The van der Waals surface area contributed by atoms with Gasteiger partial charge in [-0.25, -0.2) is 0 Å². The number of benzene rings is 1. The topological polar surface area (TPSA) is 3.24 Å². The quantitative estimate of drug-likeness (QED) is 0.286. The van der Waals surface area contributed by atoms with Crippen LogP contribution < -0.4 is 10.2 Å². The predicted octanol–water partition coefficient (Wildman–Crippen LogP) is 2.29. The Bertz CT molecular complexity index is 253. The molecule has 0 aliphatic carbocycles. The number of nitrogens with zero attached hydrogens (tertiary/aromatic N) is 1. The van der Waals surface area contributed by atoms with Crippen LogP contribution in [0.1, 0.15) is 0 Å². The summed E-state index contributed by atoms with van der Waals surface area (Å²) in [5.41, 5.74) is 1.26. The number of rotatable bonds is 2. The van der Waals surface area contributed by atoms with E-state index in [0.717, 1.165) is 0 Å². The summed E-state index contributed by atoms with van der Waals surface area (Å²) in [6, 6.07) is 8.62. The van der Waals surface area contributed by atoms with E-state index in [9.17, 15) is 0 Å². The van der Waals surface area contributed by atoms with Crippen LogP contribution in [0.4, 0.5) is 5.69 Å². The molecule has 5 heteroatoms. The second-order valence-electron chi connectivity index (χ2n) is 2.50. The van der Waals surface area contributed by atoms with Gasteiger partial charge in [-0.15, -0.1) is 0 Å². The van der Waals surface area contributed by atoms with Gasteiger partial charge in [0.25, 0.3) is 0 Å². The van der Waals surface area contributed by atoms with Crippen molar-refractivity contribution in [2.45, 2.75) is 0 Å². The Morgan fingerprint density at radius 3 is 2.00 bits per heavy atom. The molecule has 76 valence electrons. The zero-order chi connectivity index (χ0) is 10.3. The van der Waals surface area contributed by atoms with Crippen molar-refractivity contribution in [2.24, 2.45) is 0 Å². The van der Waals surface area contributed by atoms with Crippen LogP contribution in [0.5, 0.6) is 0 Å². The van der Waals surface area contributed by atoms with Gasteiger partial charge in [0.15, 0.2) is 0 Å². The summed E-state index contributed by atoms with van der Waals surface area (Å²) in [5.74, 6) is 1.35. The average molecular weight is 603 g/mol. The summed E-state index contributed by atoms with van der Waals surface area (Å²) in [6.45, 7) is 0. The zero-order valence-electron chi connectivity index (χ0n) is 7.29. The fourth-order valence-electron chi connectivity index (χ4n) is 0.812. The molecule has 0 aromatic heterocycles. The van der Waals surface area contributed by atoms with E-state index in [2.05, 4.69) is 101 Å². The molecule has 0 amide bonds. The van der Waals surface area contributed by atoms with Crippen LogP contribution in [0.2, 0.25) is 0 Å². The summed E-state index contributed by atoms with van der Waals surface area (Å²) >= 11 is 6.42. The van der Waals surface area contributed by atoms with E-state index >= 15 is 0 Å². The van der Waals surface area contributed by atoms with Crippen LogP contribution in [-0.4, -0.2) is 35.3 Å². The third-order valence-electron chi connectivity index (χ3n) is 1.47. The van der Waals surface area contributed by atoms with Crippen molar-refractivity contribution in [3.05, 3.63) is 24.3 Å². The standard InChI is InChI=1S/C8H10NPTe.Au.HI/c1-9(2)7-3-5-8(10-11)6-4-7;;/h3-6H,1-2H3;;1H/q;+1;/p-1. The van der Waals surface area contributed by atoms with Gasteiger partial charge in [0.2, 0.25) is 0 Å². The molecule has 1 aromatic carbocycles. The monoisotopic (exact) mass is 605 g/mol. The van der Waals surface area contributed by atoms with Crippen LogP contribution in [0.15, 0.2) is 24.3 Å². The van der Waals surface area contributed by atoms with E-state index in [4.69, 9.17) is 0 Å². The van der Waals surface area contributed by atoms with Gasteiger partial charge < -0.3 is 0 Å². The molecule has 0 aliphatic heterocycles. The molecular formula is C8H10AuINPTe. The van der Waals surface area contributed by atoms with Crippen molar-refractivity contribution in [2.75, 3.05) is 19.0 Å². The summed E-state index contributed by atoms with van der Waals surface area (Å²) in [6.07, 6.45) is 0. The molecule has 13 heavy (non-hydrogen) atoms. The van der Waals surface area contributed by atoms with Crippen LogP contribution in [-0.2, 0) is 17.3 Å². The number of hydrogen-bond acceptors (Lipinski definition) is 1. The van der Waals surface area contributed by atoms with Crippen LogP contribution in [0.25, 0.3) is 0 Å². The van der Waals surface area contributed by atoms with E-state index in [1.807, 2.05) is 0 Å². The molecule has 0 spiro atoms. The Hall–Kier alpha value is 1.58. The second kappa shape index (κ2) is 8.85. The molecule has 1 aromatic rings. The van der Waals surface area contributed by atoms with Gasteiger partial charge in [-0.2, -0.15) is 0 Å². The molecule has 1 rings (SSSR count). The minimum atomic E-state index is 1.26. The van der Waals surface area contributed by atoms with E-state index in [-0.39, 0.29) is 0 Å². The first-order valence-electron chi connectivity index (χ1n) is 3.46. The number of anilines is 1. The maximum atomic E-state index is 2.25. The van der Waals surface area contributed by atoms with Gasteiger partial charge in [0, 0.05) is 0 Å². The third-order valence-corrected chi connectivity index (χ3v) is 3.79. The first kappa shape index (κ1) is 14.6. The SMILES string of the molecule is CN(C)c1ccc(P=[Te])cc1.[I][Au]. The molecule has 0 aliphatic rings. The Morgan fingerprint density at radius 2 is 1.69 bits per heavy atom. The van der Waals surface area contributed by atoms with E-state index in [1.165, 1.54) is 16.8 Å².